The van der Waals surface area contributed by atoms with Crippen molar-refractivity contribution in [2.75, 3.05) is 11.9 Å². The molecule has 0 aliphatic rings. The first-order chi connectivity index (χ1) is 13.0. The second kappa shape index (κ2) is 9.91. The van der Waals surface area contributed by atoms with Gasteiger partial charge in [-0.2, -0.15) is 0 Å². The third kappa shape index (κ3) is 6.77. The minimum Gasteiger partial charge on any atom is -0.451 e. The molecule has 1 atom stereocenters. The summed E-state index contributed by atoms with van der Waals surface area (Å²) in [5.74, 6) is -2.07. The predicted octanol–water partition coefficient (Wildman–Crippen LogP) is 2.20. The fourth-order valence-electron chi connectivity index (χ4n) is 2.08. The van der Waals surface area contributed by atoms with E-state index in [4.69, 9.17) is 4.74 Å². The lowest BCUT2D eigenvalue weighted by Crippen LogP contribution is -2.40. The Labute approximate surface area is 155 Å². The molecule has 2 aromatic carbocycles. The number of anilines is 1. The Balaban J connectivity index is 1.70. The topological polar surface area (TPSA) is 96.5 Å². The Kier molecular flexibility index (Phi) is 7.30. The summed E-state index contributed by atoms with van der Waals surface area (Å²) in [4.78, 5) is 35.3. The number of urea groups is 1. The van der Waals surface area contributed by atoms with Crippen LogP contribution in [-0.4, -0.2) is 30.6 Å². The third-order valence-corrected chi connectivity index (χ3v) is 3.50. The number of carbonyl (C=O) groups is 3. The van der Waals surface area contributed by atoms with Gasteiger partial charge in [-0.3, -0.25) is 9.59 Å². The van der Waals surface area contributed by atoms with Crippen molar-refractivity contribution < 1.29 is 23.5 Å². The van der Waals surface area contributed by atoms with E-state index in [1.165, 1.54) is 25.1 Å². The maximum Gasteiger partial charge on any atom is 0.326 e. The van der Waals surface area contributed by atoms with Crippen molar-refractivity contribution >= 4 is 23.6 Å². The van der Waals surface area contributed by atoms with Gasteiger partial charge < -0.3 is 20.7 Å². The lowest BCUT2D eigenvalue weighted by Gasteiger charge is -2.14. The van der Waals surface area contributed by atoms with Gasteiger partial charge >= 0.3 is 12.0 Å². The first-order valence-corrected chi connectivity index (χ1v) is 8.26. The van der Waals surface area contributed by atoms with E-state index < -0.39 is 36.4 Å². The lowest BCUT2D eigenvalue weighted by molar-refractivity contribution is -0.152. The molecule has 27 heavy (non-hydrogen) atoms. The van der Waals surface area contributed by atoms with Crippen LogP contribution in [0.1, 0.15) is 12.5 Å². The summed E-state index contributed by atoms with van der Waals surface area (Å²) in [6.45, 7) is 1.25. The van der Waals surface area contributed by atoms with Crippen LogP contribution in [0.25, 0.3) is 0 Å². The molecule has 0 fully saturated rings. The maximum atomic E-state index is 13.5. The van der Waals surface area contributed by atoms with E-state index in [0.717, 1.165) is 5.56 Å². The van der Waals surface area contributed by atoms with E-state index >= 15 is 0 Å². The van der Waals surface area contributed by atoms with Gasteiger partial charge in [0, 0.05) is 6.54 Å². The third-order valence-electron chi connectivity index (χ3n) is 3.50. The van der Waals surface area contributed by atoms with Crippen LogP contribution in [0, 0.1) is 5.82 Å². The zero-order valence-corrected chi connectivity index (χ0v) is 14.7. The van der Waals surface area contributed by atoms with Crippen molar-refractivity contribution in [2.45, 2.75) is 19.6 Å². The highest BCUT2D eigenvalue weighted by Crippen LogP contribution is 2.13. The molecule has 142 valence electrons. The normalized spacial score (nSPS) is 11.2. The molecule has 0 saturated heterocycles. The Morgan fingerprint density at radius 1 is 1.00 bits per heavy atom. The van der Waals surface area contributed by atoms with Crippen LogP contribution in [0.4, 0.5) is 14.9 Å². The zero-order valence-electron chi connectivity index (χ0n) is 14.7. The molecule has 0 heterocycles. The standard InChI is InChI=1S/C19H20FN3O4/c1-13(18(25)23-16-10-6-5-9-15(16)20)27-17(24)12-22-19(26)21-11-14-7-3-2-4-8-14/h2-10,13H,11-12H2,1H3,(H,23,25)(H2,21,22,26). The van der Waals surface area contributed by atoms with Gasteiger partial charge in [0.15, 0.2) is 6.10 Å². The summed E-state index contributed by atoms with van der Waals surface area (Å²) < 4.78 is 18.4. The zero-order chi connectivity index (χ0) is 19.6. The molecule has 0 bridgehead atoms. The Morgan fingerprint density at radius 3 is 2.37 bits per heavy atom. The van der Waals surface area contributed by atoms with Crippen LogP contribution >= 0.6 is 0 Å². The number of carbonyl (C=O) groups excluding carboxylic acids is 3. The maximum absolute atomic E-state index is 13.5. The number of ether oxygens (including phenoxy) is 1. The van der Waals surface area contributed by atoms with Gasteiger partial charge in [-0.05, 0) is 24.6 Å². The molecule has 7 nitrogen and oxygen atoms in total. The average molecular weight is 373 g/mol. The average Bonchev–Trinajstić information content (AvgIpc) is 2.67. The Morgan fingerprint density at radius 2 is 1.67 bits per heavy atom. The molecule has 0 spiro atoms. The number of hydrogen-bond acceptors (Lipinski definition) is 4. The molecule has 0 aromatic heterocycles. The minimum atomic E-state index is -1.15. The molecule has 8 heteroatoms. The fraction of sp³-hybridized carbons (Fsp3) is 0.211. The number of para-hydroxylation sites is 1. The van der Waals surface area contributed by atoms with E-state index in [0.29, 0.717) is 6.54 Å². The molecule has 0 saturated carbocycles. The number of rotatable bonds is 7. The molecule has 2 rings (SSSR count). The first kappa shape index (κ1) is 19.9. The van der Waals surface area contributed by atoms with E-state index in [9.17, 15) is 18.8 Å². The van der Waals surface area contributed by atoms with Gasteiger partial charge in [-0.15, -0.1) is 0 Å². The molecule has 0 radical (unpaired) electrons. The number of amides is 3. The van der Waals surface area contributed by atoms with Gasteiger partial charge in [0.05, 0.1) is 5.69 Å². The van der Waals surface area contributed by atoms with Gasteiger partial charge in [0.2, 0.25) is 0 Å². The highest BCUT2D eigenvalue weighted by molar-refractivity contribution is 5.95. The second-order valence-corrected chi connectivity index (χ2v) is 5.62. The molecule has 0 aliphatic heterocycles. The van der Waals surface area contributed by atoms with Crippen molar-refractivity contribution in [1.82, 2.24) is 10.6 Å². The van der Waals surface area contributed by atoms with Crippen molar-refractivity contribution in [3.63, 3.8) is 0 Å². The highest BCUT2D eigenvalue weighted by atomic mass is 19.1. The van der Waals surface area contributed by atoms with E-state index in [1.54, 1.807) is 6.07 Å². The van der Waals surface area contributed by atoms with Crippen molar-refractivity contribution in [2.24, 2.45) is 0 Å². The number of hydrogen-bond donors (Lipinski definition) is 3. The number of nitrogens with one attached hydrogen (secondary N) is 3. The van der Waals surface area contributed by atoms with Gasteiger partial charge in [-0.25, -0.2) is 9.18 Å². The molecule has 3 N–H and O–H groups in total. The summed E-state index contributed by atoms with van der Waals surface area (Å²) >= 11 is 0. The lowest BCUT2D eigenvalue weighted by atomic mass is 10.2. The molecule has 3 amide bonds. The second-order valence-electron chi connectivity index (χ2n) is 5.62. The van der Waals surface area contributed by atoms with E-state index in [2.05, 4.69) is 16.0 Å². The van der Waals surface area contributed by atoms with Crippen LogP contribution in [0.2, 0.25) is 0 Å². The first-order valence-electron chi connectivity index (χ1n) is 8.26. The predicted molar refractivity (Wildman–Crippen MR) is 97.3 cm³/mol. The van der Waals surface area contributed by atoms with Crippen LogP contribution < -0.4 is 16.0 Å². The van der Waals surface area contributed by atoms with Crippen molar-refractivity contribution in [3.05, 3.63) is 66.0 Å². The largest absolute Gasteiger partial charge is 0.451 e. The summed E-state index contributed by atoms with van der Waals surface area (Å²) in [7, 11) is 0. The Bertz CT molecular complexity index is 799. The molecule has 0 aliphatic carbocycles. The quantitative estimate of drug-likeness (QED) is 0.648. The molecule has 1 unspecified atom stereocenters. The highest BCUT2D eigenvalue weighted by Gasteiger charge is 2.19. The number of esters is 1. The van der Waals surface area contributed by atoms with Crippen molar-refractivity contribution in [3.8, 4) is 0 Å². The summed E-state index contributed by atoms with van der Waals surface area (Å²) in [6.07, 6.45) is -1.15. The molecular formula is C19H20FN3O4. The van der Waals surface area contributed by atoms with Crippen LogP contribution in [0.5, 0.6) is 0 Å². The SMILES string of the molecule is CC(OC(=O)CNC(=O)NCc1ccccc1)C(=O)Nc1ccccc1F. The van der Waals surface area contributed by atoms with Crippen molar-refractivity contribution in [1.29, 1.82) is 0 Å². The summed E-state index contributed by atoms with van der Waals surface area (Å²) in [6, 6.07) is 14.4. The summed E-state index contributed by atoms with van der Waals surface area (Å²) in [5, 5.41) is 7.26. The molecule has 2 aromatic rings. The smallest absolute Gasteiger partial charge is 0.326 e. The van der Waals surface area contributed by atoms with Crippen LogP contribution in [-0.2, 0) is 20.9 Å². The number of benzene rings is 2. The van der Waals surface area contributed by atoms with Gasteiger partial charge in [-0.1, -0.05) is 42.5 Å². The Hall–Kier alpha value is -3.42. The molecular weight excluding hydrogens is 353 g/mol. The van der Waals surface area contributed by atoms with Crippen LogP contribution in [0.3, 0.4) is 0 Å². The van der Waals surface area contributed by atoms with Crippen LogP contribution in [0.15, 0.2) is 54.6 Å². The minimum absolute atomic E-state index is 0.0104. The number of halogens is 1. The van der Waals surface area contributed by atoms with E-state index in [1.807, 2.05) is 30.3 Å². The van der Waals surface area contributed by atoms with Gasteiger partial charge in [0.25, 0.3) is 5.91 Å². The monoisotopic (exact) mass is 373 g/mol. The fourth-order valence-corrected chi connectivity index (χ4v) is 2.08. The summed E-state index contributed by atoms with van der Waals surface area (Å²) in [5.41, 5.74) is 0.900. The van der Waals surface area contributed by atoms with Gasteiger partial charge in [0.1, 0.15) is 12.4 Å². The van der Waals surface area contributed by atoms with E-state index in [-0.39, 0.29) is 5.69 Å².